The maximum atomic E-state index is 13.4. The number of carbonyl (C=O) groups excluding carboxylic acids is 1. The van der Waals surface area contributed by atoms with Crippen molar-refractivity contribution >= 4 is 23.5 Å². The Hall–Kier alpha value is -3.39. The highest BCUT2D eigenvalue weighted by atomic mass is 35.5. The largest absolute Gasteiger partial charge is 0.493 e. The van der Waals surface area contributed by atoms with Crippen molar-refractivity contribution in [1.82, 2.24) is 15.1 Å². The predicted molar refractivity (Wildman–Crippen MR) is 99.1 cm³/mol. The molecule has 9 heteroatoms. The molecule has 1 atom stereocenters. The molecule has 0 aliphatic heterocycles. The predicted octanol–water partition coefficient (Wildman–Crippen LogP) is 3.32. The molecule has 2 aromatic carbocycles. The summed E-state index contributed by atoms with van der Waals surface area (Å²) >= 11 is 5.94. The second-order valence-electron chi connectivity index (χ2n) is 5.96. The lowest BCUT2D eigenvalue weighted by Crippen LogP contribution is -2.30. The number of benzene rings is 2. The van der Waals surface area contributed by atoms with Gasteiger partial charge in [0.05, 0.1) is 18.2 Å². The molecule has 1 aromatic heterocycles. The number of nitrogens with zero attached hydrogens (tertiary/aromatic N) is 2. The van der Waals surface area contributed by atoms with E-state index in [-0.39, 0.29) is 23.7 Å². The fraction of sp³-hybridized carbons (Fsp3) is 0.105. The van der Waals surface area contributed by atoms with Gasteiger partial charge in [-0.3, -0.25) is 9.59 Å². The van der Waals surface area contributed by atoms with E-state index in [1.54, 1.807) is 24.3 Å². The normalized spacial score (nSPS) is 11.8. The van der Waals surface area contributed by atoms with Crippen LogP contribution in [0, 0.1) is 5.82 Å². The van der Waals surface area contributed by atoms with Gasteiger partial charge in [0, 0.05) is 11.1 Å². The highest BCUT2D eigenvalue weighted by molar-refractivity contribution is 6.30. The quantitative estimate of drug-likeness (QED) is 0.585. The van der Waals surface area contributed by atoms with Crippen LogP contribution in [0.15, 0.2) is 54.6 Å². The Morgan fingerprint density at radius 2 is 1.93 bits per heavy atom. The SMILES string of the molecule is O=C(O)CC(NC(=O)c1cc(O)n(-c2cccc(F)c2)n1)c1cccc(Cl)c1. The van der Waals surface area contributed by atoms with Gasteiger partial charge in [0.1, 0.15) is 5.82 Å². The van der Waals surface area contributed by atoms with Crippen LogP contribution in [0.3, 0.4) is 0 Å². The van der Waals surface area contributed by atoms with Crippen LogP contribution in [-0.2, 0) is 4.79 Å². The molecule has 28 heavy (non-hydrogen) atoms. The zero-order valence-electron chi connectivity index (χ0n) is 14.3. The van der Waals surface area contributed by atoms with Crippen LogP contribution in [0.1, 0.15) is 28.5 Å². The van der Waals surface area contributed by atoms with Crippen molar-refractivity contribution < 1.29 is 24.2 Å². The minimum atomic E-state index is -1.11. The van der Waals surface area contributed by atoms with E-state index in [4.69, 9.17) is 16.7 Å². The summed E-state index contributed by atoms with van der Waals surface area (Å²) in [6.45, 7) is 0. The van der Waals surface area contributed by atoms with Crippen LogP contribution in [-0.4, -0.2) is 31.9 Å². The van der Waals surface area contributed by atoms with Gasteiger partial charge < -0.3 is 15.5 Å². The molecule has 144 valence electrons. The molecule has 0 fully saturated rings. The molecular weight excluding hydrogens is 389 g/mol. The van der Waals surface area contributed by atoms with Crippen LogP contribution in [0.2, 0.25) is 5.02 Å². The van der Waals surface area contributed by atoms with E-state index >= 15 is 0 Å². The zero-order chi connectivity index (χ0) is 20.3. The molecule has 0 saturated carbocycles. The molecule has 3 N–H and O–H groups in total. The van der Waals surface area contributed by atoms with E-state index in [0.717, 1.165) is 16.8 Å². The molecule has 0 aliphatic carbocycles. The smallest absolute Gasteiger partial charge is 0.305 e. The molecule has 1 amide bonds. The van der Waals surface area contributed by atoms with Crippen LogP contribution in [0.5, 0.6) is 5.88 Å². The third-order valence-corrected chi connectivity index (χ3v) is 4.15. The van der Waals surface area contributed by atoms with Gasteiger partial charge in [-0.05, 0) is 35.9 Å². The number of aromatic hydroxyl groups is 1. The van der Waals surface area contributed by atoms with Gasteiger partial charge in [-0.15, -0.1) is 0 Å². The third-order valence-electron chi connectivity index (χ3n) is 3.91. The molecule has 3 rings (SSSR count). The second kappa shape index (κ2) is 8.10. The molecule has 3 aromatic rings. The van der Waals surface area contributed by atoms with Gasteiger partial charge in [0.15, 0.2) is 5.69 Å². The minimum absolute atomic E-state index is 0.154. The number of halogens is 2. The first-order chi connectivity index (χ1) is 13.3. The number of hydrogen-bond acceptors (Lipinski definition) is 4. The number of rotatable bonds is 6. The Morgan fingerprint density at radius 3 is 2.61 bits per heavy atom. The Kier molecular flexibility index (Phi) is 5.60. The van der Waals surface area contributed by atoms with E-state index in [9.17, 15) is 19.1 Å². The monoisotopic (exact) mass is 403 g/mol. The Balaban J connectivity index is 1.86. The van der Waals surface area contributed by atoms with Crippen molar-refractivity contribution in [3.05, 3.63) is 76.7 Å². The summed E-state index contributed by atoms with van der Waals surface area (Å²) < 4.78 is 14.4. The number of hydrogen-bond donors (Lipinski definition) is 3. The molecule has 0 bridgehead atoms. The van der Waals surface area contributed by atoms with Gasteiger partial charge in [-0.2, -0.15) is 5.10 Å². The zero-order valence-corrected chi connectivity index (χ0v) is 15.1. The molecule has 1 unspecified atom stereocenters. The maximum Gasteiger partial charge on any atom is 0.305 e. The summed E-state index contributed by atoms with van der Waals surface area (Å²) in [5.41, 5.74) is 0.588. The third kappa shape index (κ3) is 4.47. The Labute approximate surface area is 164 Å². The lowest BCUT2D eigenvalue weighted by atomic mass is 10.0. The van der Waals surface area contributed by atoms with Gasteiger partial charge in [-0.1, -0.05) is 29.8 Å². The first-order valence-electron chi connectivity index (χ1n) is 8.16. The summed E-state index contributed by atoms with van der Waals surface area (Å²) in [5.74, 6) is -2.70. The number of nitrogens with one attached hydrogen (secondary N) is 1. The standard InChI is InChI=1S/C19H15ClFN3O4/c20-12-4-1-3-11(7-12)15(10-18(26)27)22-19(28)16-9-17(25)24(23-16)14-6-2-5-13(21)8-14/h1-9,15,25H,10H2,(H,22,28)(H,26,27). The van der Waals surface area contributed by atoms with Crippen molar-refractivity contribution in [2.24, 2.45) is 0 Å². The van der Waals surface area contributed by atoms with Gasteiger partial charge in [0.25, 0.3) is 5.91 Å². The summed E-state index contributed by atoms with van der Waals surface area (Å²) in [6.07, 6.45) is -0.372. The average molecular weight is 404 g/mol. The summed E-state index contributed by atoms with van der Waals surface area (Å²) in [5, 5.41) is 26.1. The summed E-state index contributed by atoms with van der Waals surface area (Å²) in [6, 6.07) is 12.0. The van der Waals surface area contributed by atoms with Crippen LogP contribution in [0.25, 0.3) is 5.69 Å². The fourth-order valence-electron chi connectivity index (χ4n) is 2.66. The number of aliphatic carboxylic acids is 1. The number of carboxylic acids is 1. The van der Waals surface area contributed by atoms with E-state index in [1.807, 2.05) is 0 Å². The molecule has 0 spiro atoms. The van der Waals surface area contributed by atoms with Crippen LogP contribution >= 0.6 is 11.6 Å². The lowest BCUT2D eigenvalue weighted by Gasteiger charge is -2.17. The number of carboxylic acid groups (broad SMARTS) is 1. The van der Waals surface area contributed by atoms with Crippen molar-refractivity contribution in [1.29, 1.82) is 0 Å². The number of aromatic nitrogens is 2. The summed E-state index contributed by atoms with van der Waals surface area (Å²) in [7, 11) is 0. The minimum Gasteiger partial charge on any atom is -0.493 e. The van der Waals surface area contributed by atoms with E-state index in [1.165, 1.54) is 18.2 Å². The Morgan fingerprint density at radius 1 is 1.18 bits per heavy atom. The second-order valence-corrected chi connectivity index (χ2v) is 6.39. The van der Waals surface area contributed by atoms with Gasteiger partial charge in [-0.25, -0.2) is 9.07 Å². The van der Waals surface area contributed by atoms with Crippen molar-refractivity contribution in [2.75, 3.05) is 0 Å². The highest BCUT2D eigenvalue weighted by Crippen LogP contribution is 2.23. The van der Waals surface area contributed by atoms with Gasteiger partial charge >= 0.3 is 5.97 Å². The topological polar surface area (TPSA) is 104 Å². The average Bonchev–Trinajstić information content (AvgIpc) is 3.03. The Bertz CT molecular complexity index is 1040. The number of amides is 1. The number of carbonyl (C=O) groups is 2. The molecule has 1 heterocycles. The lowest BCUT2D eigenvalue weighted by molar-refractivity contribution is -0.137. The molecular formula is C19H15ClFN3O4. The molecule has 0 saturated heterocycles. The van der Waals surface area contributed by atoms with Crippen molar-refractivity contribution in [2.45, 2.75) is 12.5 Å². The summed E-state index contributed by atoms with van der Waals surface area (Å²) in [4.78, 5) is 23.7. The molecule has 0 aliphatic rings. The fourth-order valence-corrected chi connectivity index (χ4v) is 2.86. The molecule has 0 radical (unpaired) electrons. The van der Waals surface area contributed by atoms with Gasteiger partial charge in [0.2, 0.25) is 5.88 Å². The first-order valence-corrected chi connectivity index (χ1v) is 8.54. The van der Waals surface area contributed by atoms with Crippen LogP contribution in [0.4, 0.5) is 4.39 Å². The maximum absolute atomic E-state index is 13.4. The highest BCUT2D eigenvalue weighted by Gasteiger charge is 2.22. The first kappa shape index (κ1) is 19.4. The van der Waals surface area contributed by atoms with Crippen molar-refractivity contribution in [3.63, 3.8) is 0 Å². The van der Waals surface area contributed by atoms with E-state index in [2.05, 4.69) is 10.4 Å². The van der Waals surface area contributed by atoms with E-state index in [0.29, 0.717) is 10.6 Å². The molecule has 7 nitrogen and oxygen atoms in total. The van der Waals surface area contributed by atoms with Crippen molar-refractivity contribution in [3.8, 4) is 11.6 Å². The van der Waals surface area contributed by atoms with E-state index < -0.39 is 23.7 Å². The van der Waals surface area contributed by atoms with Crippen LogP contribution < -0.4 is 5.32 Å².